The van der Waals surface area contributed by atoms with Crippen LogP contribution in [-0.4, -0.2) is 65.8 Å². The number of rotatable bonds is 6. The lowest BCUT2D eigenvalue weighted by molar-refractivity contribution is -0.137. The molecule has 0 spiro atoms. The zero-order valence-corrected chi connectivity index (χ0v) is 26.2. The number of ether oxygens (including phenoxy) is 1. The number of amides is 2. The van der Waals surface area contributed by atoms with Crippen LogP contribution in [0.4, 0.5) is 32.7 Å². The highest BCUT2D eigenvalue weighted by Crippen LogP contribution is 2.40. The number of carbonyl (C=O) groups is 3. The summed E-state index contributed by atoms with van der Waals surface area (Å²) in [6.45, 7) is 10.5. The Morgan fingerprint density at radius 2 is 1.79 bits per heavy atom. The highest BCUT2D eigenvalue weighted by atomic mass is 19.4. The lowest BCUT2D eigenvalue weighted by Gasteiger charge is -2.26. The van der Waals surface area contributed by atoms with E-state index in [1.165, 1.54) is 23.9 Å². The maximum absolute atomic E-state index is 14.4. The van der Waals surface area contributed by atoms with Gasteiger partial charge in [0, 0.05) is 54.3 Å². The first-order valence-corrected chi connectivity index (χ1v) is 14.6. The van der Waals surface area contributed by atoms with Gasteiger partial charge in [0.25, 0.3) is 5.91 Å². The molecule has 16 heteroatoms. The minimum atomic E-state index is -5.02. The molecule has 1 atom stereocenters. The van der Waals surface area contributed by atoms with E-state index in [0.29, 0.717) is 43.4 Å². The Balaban J connectivity index is 1.48. The highest BCUT2D eigenvalue weighted by Gasteiger charge is 2.37. The summed E-state index contributed by atoms with van der Waals surface area (Å²) in [7, 11) is 0. The van der Waals surface area contributed by atoms with Crippen molar-refractivity contribution in [2.24, 2.45) is 0 Å². The summed E-state index contributed by atoms with van der Waals surface area (Å²) in [4.78, 5) is 47.5. The maximum atomic E-state index is 14.4. The monoisotopic (exact) mass is 671 g/mol. The summed E-state index contributed by atoms with van der Waals surface area (Å²) < 4.78 is 78.7. The minimum Gasteiger partial charge on any atom is -0.443 e. The number of nitrogens with one attached hydrogen (secondary N) is 1. The van der Waals surface area contributed by atoms with E-state index in [4.69, 9.17) is 4.74 Å². The molecule has 48 heavy (non-hydrogen) atoms. The second-order valence-electron chi connectivity index (χ2n) is 12.0. The van der Waals surface area contributed by atoms with Gasteiger partial charge in [0.1, 0.15) is 17.2 Å². The standard InChI is InChI=1S/C32H30F5N7O4/c1-6-26(45)42-9-7-8-18(14-42)19-12-39-44(15-19)17(2)28(46)41-29-38-13-22(32(35,36)37)27(40-29)21-16-43(30(47)48-31(3,4)5)25-11-24(34)23(33)10-20(21)25/h6,8,10-13,15-17H,1,7,9,14H2,2-5H3,(H,38,40,41,46). The molecule has 0 aliphatic carbocycles. The van der Waals surface area contributed by atoms with Gasteiger partial charge in [-0.2, -0.15) is 18.3 Å². The normalized spacial score (nSPS) is 14.4. The van der Waals surface area contributed by atoms with Crippen molar-refractivity contribution in [1.29, 1.82) is 0 Å². The molecule has 0 bridgehead atoms. The van der Waals surface area contributed by atoms with Crippen LogP contribution >= 0.6 is 0 Å². The van der Waals surface area contributed by atoms with E-state index in [9.17, 15) is 36.3 Å². The molecule has 5 rings (SSSR count). The average Bonchev–Trinajstić information content (AvgIpc) is 3.65. The van der Waals surface area contributed by atoms with Crippen molar-refractivity contribution in [2.45, 2.75) is 51.9 Å². The molecule has 252 valence electrons. The summed E-state index contributed by atoms with van der Waals surface area (Å²) >= 11 is 0. The lowest BCUT2D eigenvalue weighted by Crippen LogP contribution is -2.34. The number of hydrogen-bond acceptors (Lipinski definition) is 7. The number of carbonyl (C=O) groups excluding carboxylic acids is 3. The van der Waals surface area contributed by atoms with Gasteiger partial charge in [-0.05, 0) is 51.8 Å². The predicted molar refractivity (Wildman–Crippen MR) is 164 cm³/mol. The van der Waals surface area contributed by atoms with Gasteiger partial charge in [-0.25, -0.2) is 23.5 Å². The largest absolute Gasteiger partial charge is 0.443 e. The van der Waals surface area contributed by atoms with Crippen molar-refractivity contribution in [3.63, 3.8) is 0 Å². The third kappa shape index (κ3) is 6.96. The van der Waals surface area contributed by atoms with E-state index in [1.807, 2.05) is 6.08 Å². The number of anilines is 1. The van der Waals surface area contributed by atoms with E-state index in [-0.39, 0.29) is 16.8 Å². The van der Waals surface area contributed by atoms with Crippen LogP contribution in [0.5, 0.6) is 0 Å². The van der Waals surface area contributed by atoms with Crippen LogP contribution < -0.4 is 5.32 Å². The zero-order valence-electron chi connectivity index (χ0n) is 26.2. The molecule has 3 aromatic heterocycles. The smallest absolute Gasteiger partial charge is 0.419 e. The fourth-order valence-corrected chi connectivity index (χ4v) is 5.05. The van der Waals surface area contributed by atoms with E-state index in [1.54, 1.807) is 31.9 Å². The summed E-state index contributed by atoms with van der Waals surface area (Å²) in [6.07, 6.45) is 2.20. The number of alkyl halides is 3. The van der Waals surface area contributed by atoms with Crippen molar-refractivity contribution >= 4 is 40.3 Å². The third-order valence-corrected chi connectivity index (χ3v) is 7.41. The molecular formula is C32H30F5N7O4. The third-order valence-electron chi connectivity index (χ3n) is 7.41. The Morgan fingerprint density at radius 1 is 1.08 bits per heavy atom. The Hall–Kier alpha value is -5.41. The van der Waals surface area contributed by atoms with Crippen LogP contribution in [0.15, 0.2) is 55.7 Å². The van der Waals surface area contributed by atoms with Crippen LogP contribution in [0.3, 0.4) is 0 Å². The van der Waals surface area contributed by atoms with Gasteiger partial charge in [0.2, 0.25) is 11.9 Å². The second kappa shape index (κ2) is 12.7. The first-order valence-electron chi connectivity index (χ1n) is 14.6. The second-order valence-corrected chi connectivity index (χ2v) is 12.0. The molecule has 1 aliphatic heterocycles. The Bertz CT molecular complexity index is 1970. The number of fused-ring (bicyclic) bond motifs is 1. The number of hydrogen-bond donors (Lipinski definition) is 1. The summed E-state index contributed by atoms with van der Waals surface area (Å²) in [5.41, 5.74) is -2.38. The molecule has 1 aliphatic rings. The number of benzene rings is 1. The van der Waals surface area contributed by atoms with E-state index < -0.39 is 64.2 Å². The maximum Gasteiger partial charge on any atom is 0.419 e. The highest BCUT2D eigenvalue weighted by molar-refractivity contribution is 6.01. The van der Waals surface area contributed by atoms with Gasteiger partial charge < -0.3 is 9.64 Å². The number of aromatic nitrogens is 5. The minimum absolute atomic E-state index is 0.219. The van der Waals surface area contributed by atoms with Gasteiger partial charge >= 0.3 is 12.3 Å². The van der Waals surface area contributed by atoms with E-state index >= 15 is 0 Å². The molecule has 1 aromatic carbocycles. The summed E-state index contributed by atoms with van der Waals surface area (Å²) in [5.74, 6) is -4.21. The molecule has 4 heterocycles. The Kier molecular flexibility index (Phi) is 8.95. The van der Waals surface area contributed by atoms with Crippen molar-refractivity contribution in [3.05, 3.63) is 78.4 Å². The quantitative estimate of drug-likeness (QED) is 0.187. The molecular weight excluding hydrogens is 641 g/mol. The molecule has 4 aromatic rings. The summed E-state index contributed by atoms with van der Waals surface area (Å²) in [6, 6.07) is 0.315. The Labute approximate surface area is 270 Å². The van der Waals surface area contributed by atoms with Crippen molar-refractivity contribution in [1.82, 2.24) is 29.2 Å². The topological polar surface area (TPSA) is 124 Å². The first kappa shape index (κ1) is 33.9. The van der Waals surface area contributed by atoms with Crippen LogP contribution in [0.25, 0.3) is 27.7 Å². The van der Waals surface area contributed by atoms with Gasteiger partial charge in [0.15, 0.2) is 11.6 Å². The zero-order chi connectivity index (χ0) is 35.1. The lowest BCUT2D eigenvalue weighted by atomic mass is 10.0. The fraction of sp³-hybridized carbons (Fsp3) is 0.312. The van der Waals surface area contributed by atoms with Crippen LogP contribution in [0, 0.1) is 11.6 Å². The predicted octanol–water partition coefficient (Wildman–Crippen LogP) is 6.38. The SMILES string of the molecule is C=CC(=O)N1CCC=C(c2cnn(C(C)C(=O)Nc3ncc(C(F)(F)F)c(-c4cn(C(=O)OC(C)(C)C)c5cc(F)c(F)cc45)n3)c2)C1. The fourth-order valence-electron chi connectivity index (χ4n) is 5.05. The first-order chi connectivity index (χ1) is 22.5. The van der Waals surface area contributed by atoms with Crippen LogP contribution in [0.1, 0.15) is 51.3 Å². The van der Waals surface area contributed by atoms with Crippen molar-refractivity contribution < 1.29 is 41.1 Å². The molecule has 11 nitrogen and oxygen atoms in total. The van der Waals surface area contributed by atoms with Gasteiger partial charge in [-0.1, -0.05) is 12.7 Å². The molecule has 1 unspecified atom stereocenters. The van der Waals surface area contributed by atoms with Crippen molar-refractivity contribution in [3.8, 4) is 11.3 Å². The van der Waals surface area contributed by atoms with Crippen molar-refractivity contribution in [2.75, 3.05) is 18.4 Å². The Morgan fingerprint density at radius 3 is 2.46 bits per heavy atom. The number of nitrogens with zero attached hydrogens (tertiary/aromatic N) is 6. The molecule has 0 saturated carbocycles. The van der Waals surface area contributed by atoms with Gasteiger partial charge in [-0.3, -0.25) is 24.2 Å². The average molecular weight is 672 g/mol. The molecule has 0 fully saturated rings. The molecule has 2 amide bonds. The molecule has 0 saturated heterocycles. The summed E-state index contributed by atoms with van der Waals surface area (Å²) in [5, 5.41) is 6.34. The van der Waals surface area contributed by atoms with Crippen LogP contribution in [0.2, 0.25) is 0 Å². The van der Waals surface area contributed by atoms with E-state index in [0.717, 1.165) is 16.3 Å². The number of halogens is 5. The van der Waals surface area contributed by atoms with E-state index in [2.05, 4.69) is 27.0 Å². The molecule has 0 radical (unpaired) electrons. The van der Waals surface area contributed by atoms with Crippen LogP contribution in [-0.2, 0) is 20.5 Å². The van der Waals surface area contributed by atoms with Gasteiger partial charge in [0.05, 0.1) is 17.4 Å². The van der Waals surface area contributed by atoms with Gasteiger partial charge in [-0.15, -0.1) is 0 Å². The molecule has 1 N–H and O–H groups in total.